The predicted molar refractivity (Wildman–Crippen MR) is 95.8 cm³/mol. The van der Waals surface area contributed by atoms with Gasteiger partial charge in [0.15, 0.2) is 0 Å². The fraction of sp³-hybridized carbons (Fsp3) is 0.0556. The molecule has 0 spiro atoms. The van der Waals surface area contributed by atoms with E-state index in [2.05, 4.69) is 20.6 Å². The Balaban J connectivity index is 1.86. The largest absolute Gasteiger partial charge is 0.340 e. The Bertz CT molecular complexity index is 961. The number of rotatable bonds is 4. The van der Waals surface area contributed by atoms with E-state index in [0.717, 1.165) is 12.1 Å². The van der Waals surface area contributed by atoms with E-state index < -0.39 is 23.2 Å². The molecule has 0 unspecified atom stereocenters. The first-order valence-electron chi connectivity index (χ1n) is 7.56. The van der Waals surface area contributed by atoms with Crippen LogP contribution in [0.2, 0.25) is 5.02 Å². The Morgan fingerprint density at radius 3 is 2.42 bits per heavy atom. The van der Waals surface area contributed by atoms with Crippen molar-refractivity contribution in [3.63, 3.8) is 0 Å². The maximum atomic E-state index is 13.7. The molecule has 132 valence electrons. The normalized spacial score (nSPS) is 10.5. The van der Waals surface area contributed by atoms with Gasteiger partial charge in [-0.05, 0) is 37.3 Å². The van der Waals surface area contributed by atoms with E-state index in [-0.39, 0.29) is 5.69 Å². The molecule has 0 aliphatic carbocycles. The molecule has 2 N–H and O–H groups in total. The van der Waals surface area contributed by atoms with Crippen LogP contribution in [-0.2, 0) is 0 Å². The maximum absolute atomic E-state index is 13.7. The first-order valence-corrected chi connectivity index (χ1v) is 7.94. The molecule has 26 heavy (non-hydrogen) atoms. The quantitative estimate of drug-likeness (QED) is 0.694. The van der Waals surface area contributed by atoms with Gasteiger partial charge in [0.1, 0.15) is 34.7 Å². The van der Waals surface area contributed by atoms with Crippen LogP contribution in [-0.4, -0.2) is 15.9 Å². The van der Waals surface area contributed by atoms with Crippen LogP contribution < -0.4 is 10.6 Å². The number of anilines is 3. The third-order valence-corrected chi connectivity index (χ3v) is 3.60. The molecular weight excluding hydrogens is 362 g/mol. The Labute approximate surface area is 153 Å². The van der Waals surface area contributed by atoms with Crippen LogP contribution in [0.3, 0.4) is 0 Å². The summed E-state index contributed by atoms with van der Waals surface area (Å²) >= 11 is 5.94. The highest BCUT2D eigenvalue weighted by Crippen LogP contribution is 2.21. The first-order chi connectivity index (χ1) is 12.4. The van der Waals surface area contributed by atoms with Gasteiger partial charge >= 0.3 is 0 Å². The van der Waals surface area contributed by atoms with E-state index in [1.165, 1.54) is 12.1 Å². The third kappa shape index (κ3) is 4.12. The Morgan fingerprint density at radius 2 is 1.73 bits per heavy atom. The highest BCUT2D eigenvalue weighted by atomic mass is 35.5. The Hall–Kier alpha value is -3.06. The van der Waals surface area contributed by atoms with Crippen LogP contribution in [0.15, 0.2) is 48.5 Å². The number of hydrogen-bond acceptors (Lipinski definition) is 4. The lowest BCUT2D eigenvalue weighted by Crippen LogP contribution is -2.17. The fourth-order valence-corrected chi connectivity index (χ4v) is 2.45. The topological polar surface area (TPSA) is 66.9 Å². The molecule has 0 bridgehead atoms. The summed E-state index contributed by atoms with van der Waals surface area (Å²) in [7, 11) is 0. The van der Waals surface area contributed by atoms with Crippen molar-refractivity contribution in [3.05, 3.63) is 76.7 Å². The van der Waals surface area contributed by atoms with Crippen molar-refractivity contribution >= 4 is 34.7 Å². The summed E-state index contributed by atoms with van der Waals surface area (Å²) in [5.74, 6) is -1.84. The number of carbonyl (C=O) groups excluding carboxylic acids is 1. The van der Waals surface area contributed by atoms with Gasteiger partial charge in [0, 0.05) is 16.8 Å². The molecule has 0 saturated carbocycles. The zero-order valence-electron chi connectivity index (χ0n) is 13.6. The van der Waals surface area contributed by atoms with E-state index in [9.17, 15) is 13.6 Å². The van der Waals surface area contributed by atoms with E-state index >= 15 is 0 Å². The molecule has 0 radical (unpaired) electrons. The summed E-state index contributed by atoms with van der Waals surface area (Å²) in [4.78, 5) is 20.6. The summed E-state index contributed by atoms with van der Waals surface area (Å²) in [6, 6.07) is 11.6. The second-order valence-electron chi connectivity index (χ2n) is 5.37. The molecule has 1 heterocycles. The number of nitrogens with zero attached hydrogens (tertiary/aromatic N) is 2. The summed E-state index contributed by atoms with van der Waals surface area (Å²) in [5.41, 5.74) is 0.102. The molecule has 8 heteroatoms. The molecule has 1 aromatic heterocycles. The second kappa shape index (κ2) is 7.45. The monoisotopic (exact) mass is 374 g/mol. The second-order valence-corrected chi connectivity index (χ2v) is 5.81. The van der Waals surface area contributed by atoms with Crippen LogP contribution in [0.4, 0.5) is 26.0 Å². The Morgan fingerprint density at radius 1 is 1.04 bits per heavy atom. The zero-order valence-corrected chi connectivity index (χ0v) is 14.3. The minimum atomic E-state index is -0.874. The number of amides is 1. The van der Waals surface area contributed by atoms with Crippen LogP contribution >= 0.6 is 11.6 Å². The highest BCUT2D eigenvalue weighted by molar-refractivity contribution is 6.30. The summed E-state index contributed by atoms with van der Waals surface area (Å²) in [6.07, 6.45) is 0. The summed E-state index contributed by atoms with van der Waals surface area (Å²) in [5, 5.41) is 5.73. The molecule has 0 atom stereocenters. The lowest BCUT2D eigenvalue weighted by molar-refractivity contribution is 0.102. The lowest BCUT2D eigenvalue weighted by Gasteiger charge is -2.10. The number of aryl methyl sites for hydroxylation is 1. The van der Waals surface area contributed by atoms with E-state index in [4.69, 9.17) is 11.6 Å². The van der Waals surface area contributed by atoms with Gasteiger partial charge < -0.3 is 10.6 Å². The number of nitrogens with one attached hydrogen (secondary N) is 2. The summed E-state index contributed by atoms with van der Waals surface area (Å²) < 4.78 is 27.4. The van der Waals surface area contributed by atoms with E-state index in [1.807, 2.05) is 0 Å². The van der Waals surface area contributed by atoms with Crippen molar-refractivity contribution in [3.8, 4) is 0 Å². The molecule has 3 rings (SSSR count). The highest BCUT2D eigenvalue weighted by Gasteiger charge is 2.16. The number of halogens is 3. The van der Waals surface area contributed by atoms with Crippen LogP contribution in [0.1, 0.15) is 16.3 Å². The van der Waals surface area contributed by atoms with Gasteiger partial charge in [0.2, 0.25) is 0 Å². The van der Waals surface area contributed by atoms with Crippen molar-refractivity contribution < 1.29 is 13.6 Å². The number of aromatic nitrogens is 2. The minimum Gasteiger partial charge on any atom is -0.340 e. The van der Waals surface area contributed by atoms with Gasteiger partial charge in [0.05, 0.1) is 0 Å². The third-order valence-electron chi connectivity index (χ3n) is 3.37. The average molecular weight is 375 g/mol. The lowest BCUT2D eigenvalue weighted by atomic mass is 10.2. The first kappa shape index (κ1) is 17.8. The molecule has 0 aliphatic rings. The SMILES string of the molecule is Cc1nc(Nc2cccc(Cl)c2)cc(C(=O)Nc2c(F)cccc2F)n1. The minimum absolute atomic E-state index is 0.0373. The van der Waals surface area contributed by atoms with Gasteiger partial charge in [-0.1, -0.05) is 23.7 Å². The number of carbonyl (C=O) groups is 1. The van der Waals surface area contributed by atoms with Crippen molar-refractivity contribution in [2.24, 2.45) is 0 Å². The molecule has 0 saturated heterocycles. The van der Waals surface area contributed by atoms with Gasteiger partial charge in [-0.2, -0.15) is 0 Å². The predicted octanol–water partition coefficient (Wildman–Crippen LogP) is 4.71. The van der Waals surface area contributed by atoms with Crippen molar-refractivity contribution in [2.45, 2.75) is 6.92 Å². The molecule has 0 fully saturated rings. The number of hydrogen-bond donors (Lipinski definition) is 2. The van der Waals surface area contributed by atoms with Crippen LogP contribution in [0.5, 0.6) is 0 Å². The molecule has 3 aromatic rings. The standard InChI is InChI=1S/C18H13ClF2N4O/c1-10-22-15(18(26)25-17-13(20)6-3-7-14(17)21)9-16(23-10)24-12-5-2-4-11(19)8-12/h2-9H,1H3,(H,25,26)(H,22,23,24). The van der Waals surface area contributed by atoms with Crippen molar-refractivity contribution in [1.82, 2.24) is 9.97 Å². The number of benzene rings is 2. The summed E-state index contributed by atoms with van der Waals surface area (Å²) in [6.45, 7) is 1.60. The van der Waals surface area contributed by atoms with Gasteiger partial charge in [0.25, 0.3) is 5.91 Å². The average Bonchev–Trinajstić information content (AvgIpc) is 2.57. The van der Waals surface area contributed by atoms with E-state index in [0.29, 0.717) is 22.4 Å². The molecular formula is C18H13ClF2N4O. The van der Waals surface area contributed by atoms with Crippen LogP contribution in [0, 0.1) is 18.6 Å². The molecule has 5 nitrogen and oxygen atoms in total. The molecule has 0 aliphatic heterocycles. The van der Waals surface area contributed by atoms with Gasteiger partial charge in [-0.25, -0.2) is 18.7 Å². The van der Waals surface area contributed by atoms with Crippen molar-refractivity contribution in [2.75, 3.05) is 10.6 Å². The Kier molecular flexibility index (Phi) is 5.09. The van der Waals surface area contributed by atoms with Gasteiger partial charge in [-0.15, -0.1) is 0 Å². The zero-order chi connectivity index (χ0) is 18.7. The van der Waals surface area contributed by atoms with E-state index in [1.54, 1.807) is 31.2 Å². The number of para-hydroxylation sites is 1. The van der Waals surface area contributed by atoms with Crippen molar-refractivity contribution in [1.29, 1.82) is 0 Å². The molecule has 2 aromatic carbocycles. The van der Waals surface area contributed by atoms with Gasteiger partial charge in [-0.3, -0.25) is 4.79 Å². The van der Waals surface area contributed by atoms with Crippen LogP contribution in [0.25, 0.3) is 0 Å². The fourth-order valence-electron chi connectivity index (χ4n) is 2.26. The molecule has 1 amide bonds. The maximum Gasteiger partial charge on any atom is 0.274 e. The smallest absolute Gasteiger partial charge is 0.274 e.